The van der Waals surface area contributed by atoms with Crippen LogP contribution in [0.4, 0.5) is 0 Å². The predicted octanol–water partition coefficient (Wildman–Crippen LogP) is -3.38. The van der Waals surface area contributed by atoms with E-state index in [-0.39, 0.29) is 82.3 Å². The first-order valence-corrected chi connectivity index (χ1v) is 2.61. The molecule has 0 spiro atoms. The molecule has 0 unspecified atom stereocenters. The maximum atomic E-state index is 8.69. The van der Waals surface area contributed by atoms with E-state index in [0.29, 0.717) is 0 Å². The van der Waals surface area contributed by atoms with Crippen molar-refractivity contribution in [1.29, 1.82) is 0 Å². The molecule has 0 amide bonds. The Bertz CT molecular complexity index is 142. The molecule has 8 heavy (non-hydrogen) atoms. The van der Waals surface area contributed by atoms with Gasteiger partial charge < -0.3 is 1.43 Å². The first-order chi connectivity index (χ1) is 2.00. The molecule has 0 aromatic rings. The monoisotopic (exact) mass is 252 g/mol. The molecule has 0 atom stereocenters. The second-order valence-corrected chi connectivity index (χ2v) is 1.63. The van der Waals surface area contributed by atoms with E-state index < -0.39 is 13.0 Å². The van der Waals surface area contributed by atoms with Gasteiger partial charge in [0.2, 0.25) is 0 Å². The molecule has 0 fully saturated rings. The van der Waals surface area contributed by atoms with Crippen LogP contribution in [0.1, 0.15) is 1.43 Å². The minimum atomic E-state index is -5.38. The van der Waals surface area contributed by atoms with Gasteiger partial charge in [0.1, 0.15) is 0 Å². The van der Waals surface area contributed by atoms with Gasteiger partial charge in [-0.1, -0.05) is 0 Å². The summed E-state index contributed by atoms with van der Waals surface area (Å²) >= 11 is -5.38. The number of rotatable bonds is 0. The molecular weight excluding hydrogens is 249 g/mol. The van der Waals surface area contributed by atoms with E-state index in [2.05, 4.69) is 0 Å². The van der Waals surface area contributed by atoms with Gasteiger partial charge >= 0.3 is 80.0 Å². The van der Waals surface area contributed by atoms with E-state index in [0.717, 1.165) is 0 Å². The van der Waals surface area contributed by atoms with Crippen molar-refractivity contribution in [2.45, 2.75) is 0 Å². The summed E-state index contributed by atoms with van der Waals surface area (Å²) in [6, 6.07) is 0. The molecule has 0 aromatic carbocycles. The molecule has 0 aromatic heterocycles. The summed E-state index contributed by atoms with van der Waals surface area (Å²) in [6.07, 6.45) is 0. The summed E-state index contributed by atoms with van der Waals surface area (Å²) in [7, 11) is 0. The van der Waals surface area contributed by atoms with Crippen LogP contribution in [0.2, 0.25) is 0 Å². The number of halogens is 1. The van der Waals surface area contributed by atoms with Crippen molar-refractivity contribution < 1.29 is 98.5 Å². The third-order valence-electron chi connectivity index (χ3n) is 0. The summed E-state index contributed by atoms with van der Waals surface area (Å²) in [5.41, 5.74) is 0. The average molecular weight is 252 g/mol. The Hall–Kier alpha value is 2.33. The van der Waals surface area contributed by atoms with Gasteiger partial charge in [-0.25, -0.2) is 0 Å². The molecule has 0 aliphatic rings. The van der Waals surface area contributed by atoms with Crippen LogP contribution in [-0.2, 0) is 41.5 Å². The molecule has 0 bridgehead atoms. The van der Waals surface area contributed by atoms with E-state index in [9.17, 15) is 0 Å². The number of hydrogen-bond acceptors (Lipinski definition) is 3. The zero-order chi connectivity index (χ0) is 4.50. The molecule has 0 rings (SSSR count). The van der Waals surface area contributed by atoms with Gasteiger partial charge in [-0.15, -0.1) is 12.4 Å². The van der Waals surface area contributed by atoms with Gasteiger partial charge in [0.15, 0.2) is 0 Å². The molecule has 0 saturated carbocycles. The Morgan fingerprint density at radius 3 is 1.25 bits per heavy atom. The van der Waals surface area contributed by atoms with Gasteiger partial charge in [-0.05, 0) is 0 Å². The van der Waals surface area contributed by atoms with E-state index in [4.69, 9.17) is 15.7 Å². The number of hydrogen-bond donors (Lipinski definition) is 1. The van der Waals surface area contributed by atoms with Crippen molar-refractivity contribution in [3.05, 3.63) is 0 Å². The zero-order valence-electron chi connectivity index (χ0n) is 4.81. The summed E-state index contributed by atoms with van der Waals surface area (Å²) in [5, 5.41) is 0. The molecule has 1 N–H and O–H groups in total. The molecular formula is H3ClFeKMnO4. The van der Waals surface area contributed by atoms with Crippen LogP contribution in [0, 0.1) is 0 Å². The van der Waals surface area contributed by atoms with Crippen LogP contribution in [0.5, 0.6) is 0 Å². The Kier molecular flexibility index (Phi) is 26.2. The Morgan fingerprint density at radius 1 is 1.25 bits per heavy atom. The summed E-state index contributed by atoms with van der Waals surface area (Å²) < 4.78 is 33.1. The molecule has 4 nitrogen and oxygen atoms in total. The molecule has 0 aliphatic carbocycles. The van der Waals surface area contributed by atoms with E-state index >= 15 is 0 Å². The fourth-order valence-corrected chi connectivity index (χ4v) is 0. The molecule has 0 radical (unpaired) electrons. The Balaban J connectivity index is -0.0000000133. The van der Waals surface area contributed by atoms with E-state index in [1.807, 2.05) is 0 Å². The van der Waals surface area contributed by atoms with Crippen LogP contribution in [0.25, 0.3) is 0 Å². The van der Waals surface area contributed by atoms with Crippen LogP contribution in [0.3, 0.4) is 0 Å². The molecule has 0 aliphatic heterocycles. The van der Waals surface area contributed by atoms with Gasteiger partial charge in [-0.2, -0.15) is 0 Å². The summed E-state index contributed by atoms with van der Waals surface area (Å²) in [5.74, 6) is 0. The normalized spacial score (nSPS) is 7.12. The topological polar surface area (TPSA) is 71.4 Å². The average Bonchev–Trinajstić information content (AvgIpc) is 0.722. The van der Waals surface area contributed by atoms with Gasteiger partial charge in [0, 0.05) is 17.1 Å². The third-order valence-corrected chi connectivity index (χ3v) is 0. The molecule has 8 heteroatoms. The zero-order valence-corrected chi connectivity index (χ0v) is 10.0. The quantitative estimate of drug-likeness (QED) is 0.457. The van der Waals surface area contributed by atoms with Crippen molar-refractivity contribution in [2.75, 3.05) is 0 Å². The molecule has 0 heterocycles. The summed E-state index contributed by atoms with van der Waals surface area (Å²) in [4.78, 5) is 0. The molecule has 0 saturated heterocycles. The van der Waals surface area contributed by atoms with Gasteiger partial charge in [0.25, 0.3) is 0 Å². The van der Waals surface area contributed by atoms with Gasteiger partial charge in [-0.3, -0.25) is 0 Å². The van der Waals surface area contributed by atoms with Crippen molar-refractivity contribution in [2.24, 2.45) is 0 Å². The SMILES string of the molecule is Cl.[Fe].[H-].[K+].[O]=[Mn](=[O])(=[O])[OH]. The maximum absolute atomic E-state index is 8.69. The Morgan fingerprint density at radius 2 is 1.25 bits per heavy atom. The summed E-state index contributed by atoms with van der Waals surface area (Å²) in [6.45, 7) is 0. The van der Waals surface area contributed by atoms with E-state index in [1.165, 1.54) is 0 Å². The second kappa shape index (κ2) is 9.33. The third kappa shape index (κ3) is 82.6. The Labute approximate surface area is 109 Å². The fourth-order valence-electron chi connectivity index (χ4n) is 0. The predicted molar refractivity (Wildman–Crippen MR) is 12.6 cm³/mol. The standard InChI is InChI=1S/ClH.Fe.K.Mn.H2O.3O.H/h1H;;;;1H2;;;;/q;;2*+1;;;;;-1/p-1. The van der Waals surface area contributed by atoms with Crippen molar-refractivity contribution in [1.82, 2.24) is 0 Å². The van der Waals surface area contributed by atoms with Crippen LogP contribution >= 0.6 is 12.4 Å². The first kappa shape index (κ1) is 22.4. The van der Waals surface area contributed by atoms with Crippen LogP contribution < -0.4 is 51.4 Å². The van der Waals surface area contributed by atoms with Crippen LogP contribution in [0.15, 0.2) is 0 Å². The minimum absolute atomic E-state index is 0. The van der Waals surface area contributed by atoms with Crippen molar-refractivity contribution in [3.8, 4) is 0 Å². The second-order valence-electron chi connectivity index (χ2n) is 0.396. The van der Waals surface area contributed by atoms with Crippen molar-refractivity contribution in [3.63, 3.8) is 0 Å². The van der Waals surface area contributed by atoms with Crippen molar-refractivity contribution >= 4 is 12.4 Å². The first-order valence-electron chi connectivity index (χ1n) is 0.632. The fraction of sp³-hybridized carbons (Fsp3) is 0. The molecule has 50 valence electrons. The van der Waals surface area contributed by atoms with E-state index in [1.54, 1.807) is 0 Å². The van der Waals surface area contributed by atoms with Gasteiger partial charge in [0.05, 0.1) is 0 Å². The van der Waals surface area contributed by atoms with Crippen LogP contribution in [-0.4, -0.2) is 4.19 Å².